The molecule has 0 radical (unpaired) electrons. The molecule has 0 atom stereocenters. The van der Waals surface area contributed by atoms with Crippen LogP contribution in [0.25, 0.3) is 0 Å². The predicted octanol–water partition coefficient (Wildman–Crippen LogP) is 2.30. The summed E-state index contributed by atoms with van der Waals surface area (Å²) >= 11 is 0. The Labute approximate surface area is 91.5 Å². The molecule has 1 aromatic rings. The summed E-state index contributed by atoms with van der Waals surface area (Å²) in [7, 11) is 1.87. The van der Waals surface area contributed by atoms with E-state index in [-0.39, 0.29) is 0 Å². The van der Waals surface area contributed by atoms with Crippen LogP contribution in [0, 0.1) is 0 Å². The molecule has 0 saturated heterocycles. The summed E-state index contributed by atoms with van der Waals surface area (Å²) in [6.45, 7) is 2.88. The largest absolute Gasteiger partial charge is 0.424 e. The molecule has 4 nitrogen and oxygen atoms in total. The van der Waals surface area contributed by atoms with Crippen molar-refractivity contribution >= 4 is 0 Å². The Bertz CT molecular complexity index is 260. The number of nitrogens with one attached hydrogen (secondary N) is 1. The third-order valence-corrected chi connectivity index (χ3v) is 2.33. The van der Waals surface area contributed by atoms with E-state index in [2.05, 4.69) is 22.4 Å². The first kappa shape index (κ1) is 12.2. The second-order valence-electron chi connectivity index (χ2n) is 3.78. The zero-order valence-electron chi connectivity index (χ0n) is 9.75. The maximum atomic E-state index is 5.45. The Morgan fingerprint density at radius 3 is 2.53 bits per heavy atom. The summed E-state index contributed by atoms with van der Waals surface area (Å²) in [5.74, 6) is 1.46. The van der Waals surface area contributed by atoms with Crippen LogP contribution < -0.4 is 5.32 Å². The molecule has 0 unspecified atom stereocenters. The van der Waals surface area contributed by atoms with E-state index in [1.54, 1.807) is 0 Å². The topological polar surface area (TPSA) is 51.0 Å². The fourth-order valence-corrected chi connectivity index (χ4v) is 1.49. The maximum absolute atomic E-state index is 5.45. The van der Waals surface area contributed by atoms with Gasteiger partial charge in [0.05, 0.1) is 6.54 Å². The van der Waals surface area contributed by atoms with E-state index < -0.39 is 0 Å². The summed E-state index contributed by atoms with van der Waals surface area (Å²) < 4.78 is 5.45. The number of nitrogens with zero attached hydrogens (tertiary/aromatic N) is 2. The SMILES string of the molecule is CCCCCCCc1nnc(CNC)o1. The van der Waals surface area contributed by atoms with Gasteiger partial charge in [-0.05, 0) is 13.5 Å². The molecular weight excluding hydrogens is 190 g/mol. The molecule has 0 aliphatic heterocycles. The van der Waals surface area contributed by atoms with Gasteiger partial charge in [-0.1, -0.05) is 32.6 Å². The van der Waals surface area contributed by atoms with Gasteiger partial charge < -0.3 is 9.73 Å². The van der Waals surface area contributed by atoms with Gasteiger partial charge in [0.2, 0.25) is 11.8 Å². The lowest BCUT2D eigenvalue weighted by molar-refractivity contribution is 0.431. The number of hydrogen-bond donors (Lipinski definition) is 1. The van der Waals surface area contributed by atoms with Crippen molar-refractivity contribution in [3.63, 3.8) is 0 Å². The van der Waals surface area contributed by atoms with Crippen LogP contribution in [0.5, 0.6) is 0 Å². The first-order valence-electron chi connectivity index (χ1n) is 5.82. The third-order valence-electron chi connectivity index (χ3n) is 2.33. The molecule has 0 aliphatic rings. The molecule has 0 bridgehead atoms. The standard InChI is InChI=1S/C11H21N3O/c1-3-4-5-6-7-8-10-13-14-11(15-10)9-12-2/h12H,3-9H2,1-2H3. The van der Waals surface area contributed by atoms with Crippen LogP contribution in [0.1, 0.15) is 50.8 Å². The van der Waals surface area contributed by atoms with Crippen LogP contribution in [0.2, 0.25) is 0 Å². The molecule has 1 aromatic heterocycles. The Balaban J connectivity index is 2.14. The third kappa shape index (κ3) is 4.93. The second-order valence-corrected chi connectivity index (χ2v) is 3.78. The molecule has 1 rings (SSSR count). The molecule has 15 heavy (non-hydrogen) atoms. The summed E-state index contributed by atoms with van der Waals surface area (Å²) in [5.41, 5.74) is 0. The van der Waals surface area contributed by atoms with Gasteiger partial charge in [-0.25, -0.2) is 0 Å². The number of aromatic nitrogens is 2. The first-order valence-corrected chi connectivity index (χ1v) is 5.82. The smallest absolute Gasteiger partial charge is 0.230 e. The van der Waals surface area contributed by atoms with Crippen molar-refractivity contribution < 1.29 is 4.42 Å². The number of unbranched alkanes of at least 4 members (excludes halogenated alkanes) is 4. The van der Waals surface area contributed by atoms with Crippen LogP contribution in [0.3, 0.4) is 0 Å². The van der Waals surface area contributed by atoms with E-state index >= 15 is 0 Å². The summed E-state index contributed by atoms with van der Waals surface area (Å²) in [4.78, 5) is 0. The monoisotopic (exact) mass is 211 g/mol. The van der Waals surface area contributed by atoms with Gasteiger partial charge in [-0.3, -0.25) is 0 Å². The Morgan fingerprint density at radius 2 is 1.80 bits per heavy atom. The van der Waals surface area contributed by atoms with E-state index in [0.717, 1.165) is 18.7 Å². The molecule has 86 valence electrons. The fourth-order valence-electron chi connectivity index (χ4n) is 1.49. The summed E-state index contributed by atoms with van der Waals surface area (Å²) in [6.07, 6.45) is 7.26. The van der Waals surface area contributed by atoms with Crippen molar-refractivity contribution in [2.45, 2.75) is 52.0 Å². The Kier molecular flexibility index (Phi) is 6.00. The molecule has 0 aromatic carbocycles. The van der Waals surface area contributed by atoms with Gasteiger partial charge >= 0.3 is 0 Å². The maximum Gasteiger partial charge on any atom is 0.230 e. The average molecular weight is 211 g/mol. The molecule has 0 aliphatic carbocycles. The molecule has 0 amide bonds. The second kappa shape index (κ2) is 7.40. The van der Waals surface area contributed by atoms with Gasteiger partial charge in [0, 0.05) is 6.42 Å². The van der Waals surface area contributed by atoms with Crippen molar-refractivity contribution in [3.05, 3.63) is 11.8 Å². The number of aryl methyl sites for hydroxylation is 1. The van der Waals surface area contributed by atoms with Crippen LogP contribution >= 0.6 is 0 Å². The van der Waals surface area contributed by atoms with Crippen molar-refractivity contribution in [1.29, 1.82) is 0 Å². The van der Waals surface area contributed by atoms with Gasteiger partial charge in [0.25, 0.3) is 0 Å². The van der Waals surface area contributed by atoms with E-state index in [1.807, 2.05) is 7.05 Å². The van der Waals surface area contributed by atoms with E-state index in [1.165, 1.54) is 25.7 Å². The van der Waals surface area contributed by atoms with Crippen molar-refractivity contribution in [2.75, 3.05) is 7.05 Å². The van der Waals surface area contributed by atoms with Crippen molar-refractivity contribution in [2.24, 2.45) is 0 Å². The van der Waals surface area contributed by atoms with Gasteiger partial charge in [-0.15, -0.1) is 10.2 Å². The molecule has 4 heteroatoms. The zero-order valence-corrected chi connectivity index (χ0v) is 9.75. The normalized spacial score (nSPS) is 10.8. The highest BCUT2D eigenvalue weighted by atomic mass is 16.4. The van der Waals surface area contributed by atoms with E-state index in [9.17, 15) is 0 Å². The highest BCUT2D eigenvalue weighted by molar-refractivity contribution is 4.81. The molecular formula is C11H21N3O. The highest BCUT2D eigenvalue weighted by Crippen LogP contribution is 2.08. The van der Waals surface area contributed by atoms with Gasteiger partial charge in [-0.2, -0.15) is 0 Å². The lowest BCUT2D eigenvalue weighted by Gasteiger charge is -1.96. The average Bonchev–Trinajstić information content (AvgIpc) is 2.66. The minimum absolute atomic E-state index is 0.656. The lowest BCUT2D eigenvalue weighted by atomic mass is 10.1. The van der Waals surface area contributed by atoms with E-state index in [4.69, 9.17) is 4.42 Å². The molecule has 0 fully saturated rings. The van der Waals surface area contributed by atoms with Crippen molar-refractivity contribution in [1.82, 2.24) is 15.5 Å². The highest BCUT2D eigenvalue weighted by Gasteiger charge is 2.03. The van der Waals surface area contributed by atoms with Crippen molar-refractivity contribution in [3.8, 4) is 0 Å². The number of hydrogen-bond acceptors (Lipinski definition) is 4. The van der Waals surface area contributed by atoms with Crippen LogP contribution in [0.4, 0.5) is 0 Å². The first-order chi connectivity index (χ1) is 7.36. The Hall–Kier alpha value is -0.900. The van der Waals surface area contributed by atoms with Crippen LogP contribution in [-0.2, 0) is 13.0 Å². The molecule has 0 saturated carbocycles. The van der Waals surface area contributed by atoms with Gasteiger partial charge in [0.1, 0.15) is 0 Å². The minimum Gasteiger partial charge on any atom is -0.424 e. The molecule has 0 spiro atoms. The summed E-state index contributed by atoms with van der Waals surface area (Å²) in [6, 6.07) is 0. The predicted molar refractivity (Wildman–Crippen MR) is 59.5 cm³/mol. The van der Waals surface area contributed by atoms with E-state index in [0.29, 0.717) is 12.4 Å². The summed E-state index contributed by atoms with van der Waals surface area (Å²) in [5, 5.41) is 10.9. The quantitative estimate of drug-likeness (QED) is 0.670. The lowest BCUT2D eigenvalue weighted by Crippen LogP contribution is -2.04. The zero-order chi connectivity index (χ0) is 10.9. The Morgan fingerprint density at radius 1 is 1.07 bits per heavy atom. The number of rotatable bonds is 8. The fraction of sp³-hybridized carbons (Fsp3) is 0.818. The van der Waals surface area contributed by atoms with Crippen LogP contribution in [0.15, 0.2) is 4.42 Å². The molecule has 1 N–H and O–H groups in total. The van der Waals surface area contributed by atoms with Crippen LogP contribution in [-0.4, -0.2) is 17.2 Å². The molecule has 1 heterocycles. The van der Waals surface area contributed by atoms with Gasteiger partial charge in [0.15, 0.2) is 0 Å². The minimum atomic E-state index is 0.656.